The van der Waals surface area contributed by atoms with E-state index in [1.54, 1.807) is 23.3 Å². The highest BCUT2D eigenvalue weighted by molar-refractivity contribution is 5.98. The van der Waals surface area contributed by atoms with Crippen LogP contribution in [0.15, 0.2) is 48.9 Å². The number of amides is 2. The fourth-order valence-electron chi connectivity index (χ4n) is 3.32. The van der Waals surface area contributed by atoms with Crippen LogP contribution < -0.4 is 5.32 Å². The molecule has 2 amide bonds. The third-order valence-corrected chi connectivity index (χ3v) is 4.77. The number of hydrogen-bond donors (Lipinski definition) is 2. The number of rotatable bonds is 6. The third-order valence-electron chi connectivity index (χ3n) is 4.77. The Morgan fingerprint density at radius 2 is 2.07 bits per heavy atom. The molecule has 144 valence electrons. The van der Waals surface area contributed by atoms with E-state index < -0.39 is 0 Å². The first kappa shape index (κ1) is 18.0. The highest BCUT2D eigenvalue weighted by Gasteiger charge is 2.26. The average Bonchev–Trinajstić information content (AvgIpc) is 3.35. The maximum Gasteiger partial charge on any atom is 0.272 e. The van der Waals surface area contributed by atoms with E-state index in [9.17, 15) is 9.59 Å². The van der Waals surface area contributed by atoms with Gasteiger partial charge in [0.1, 0.15) is 5.69 Å². The molecular formula is C20H22N6O2. The van der Waals surface area contributed by atoms with Crippen molar-refractivity contribution >= 4 is 11.8 Å². The van der Waals surface area contributed by atoms with E-state index in [1.165, 1.54) is 0 Å². The number of imidazole rings is 1. The molecule has 2 N–H and O–H groups in total. The van der Waals surface area contributed by atoms with Crippen LogP contribution in [0.2, 0.25) is 0 Å². The molecule has 1 aliphatic heterocycles. The van der Waals surface area contributed by atoms with Gasteiger partial charge in [0.15, 0.2) is 5.69 Å². The molecule has 2 aromatic heterocycles. The highest BCUT2D eigenvalue weighted by atomic mass is 16.2. The molecular weight excluding hydrogens is 356 g/mol. The van der Waals surface area contributed by atoms with Gasteiger partial charge in [-0.25, -0.2) is 4.98 Å². The molecule has 28 heavy (non-hydrogen) atoms. The minimum Gasteiger partial charge on any atom is -0.350 e. The second-order valence-corrected chi connectivity index (χ2v) is 6.79. The number of fused-ring (bicyclic) bond motifs is 1. The topological polar surface area (TPSA) is 95.9 Å². The van der Waals surface area contributed by atoms with Gasteiger partial charge in [0.25, 0.3) is 11.8 Å². The first-order valence-corrected chi connectivity index (χ1v) is 9.37. The van der Waals surface area contributed by atoms with Gasteiger partial charge in [-0.05, 0) is 12.0 Å². The number of nitrogens with one attached hydrogen (secondary N) is 2. The fraction of sp³-hybridized carbons (Fsp3) is 0.300. The molecule has 1 aliphatic rings. The fourth-order valence-corrected chi connectivity index (χ4v) is 3.32. The van der Waals surface area contributed by atoms with Crippen LogP contribution in [0.3, 0.4) is 0 Å². The summed E-state index contributed by atoms with van der Waals surface area (Å²) in [5.74, 6) is -0.368. The molecule has 0 atom stereocenters. The van der Waals surface area contributed by atoms with Gasteiger partial charge in [-0.15, -0.1) is 0 Å². The summed E-state index contributed by atoms with van der Waals surface area (Å²) in [6.07, 6.45) is 4.79. The Hall–Kier alpha value is -3.42. The lowest BCUT2D eigenvalue weighted by Crippen LogP contribution is -2.30. The van der Waals surface area contributed by atoms with Gasteiger partial charge < -0.3 is 15.2 Å². The molecule has 1 aromatic carbocycles. The standard InChI is InChI=1S/C20H22N6O2/c27-19(22-8-7-16-12-21-14-23-16)17-11-18-20(28)25(9-4-10-26(18)24-17)13-15-5-2-1-3-6-15/h1-3,5-6,11-12,14H,4,7-10,13H2,(H,21,23)(H,22,27). The molecule has 8 nitrogen and oxygen atoms in total. The molecule has 0 fully saturated rings. The van der Waals surface area contributed by atoms with Crippen molar-refractivity contribution in [1.82, 2.24) is 30.0 Å². The summed E-state index contributed by atoms with van der Waals surface area (Å²) >= 11 is 0. The number of carbonyl (C=O) groups is 2. The Bertz CT molecular complexity index is 949. The molecule has 3 aromatic rings. The molecule has 4 rings (SSSR count). The molecule has 0 aliphatic carbocycles. The predicted molar refractivity (Wildman–Crippen MR) is 103 cm³/mol. The Morgan fingerprint density at radius 1 is 1.21 bits per heavy atom. The number of H-pyrrole nitrogens is 1. The lowest BCUT2D eigenvalue weighted by molar-refractivity contribution is 0.0745. The smallest absolute Gasteiger partial charge is 0.272 e. The van der Waals surface area contributed by atoms with Gasteiger partial charge in [0, 0.05) is 50.6 Å². The SMILES string of the molecule is O=C(NCCc1cnc[nH]1)c1cc2n(n1)CCCN(Cc1ccccc1)C2=O. The van der Waals surface area contributed by atoms with Crippen molar-refractivity contribution in [3.63, 3.8) is 0 Å². The van der Waals surface area contributed by atoms with Crippen molar-refractivity contribution in [3.05, 3.63) is 71.6 Å². The van der Waals surface area contributed by atoms with E-state index in [2.05, 4.69) is 20.4 Å². The van der Waals surface area contributed by atoms with E-state index in [4.69, 9.17) is 0 Å². The van der Waals surface area contributed by atoms with E-state index in [0.29, 0.717) is 38.3 Å². The van der Waals surface area contributed by atoms with E-state index >= 15 is 0 Å². The second-order valence-electron chi connectivity index (χ2n) is 6.79. The first-order chi connectivity index (χ1) is 13.7. The van der Waals surface area contributed by atoms with Crippen molar-refractivity contribution in [3.8, 4) is 0 Å². The molecule has 3 heterocycles. The lowest BCUT2D eigenvalue weighted by Gasteiger charge is -2.20. The maximum atomic E-state index is 13.0. The van der Waals surface area contributed by atoms with E-state index in [-0.39, 0.29) is 17.5 Å². The van der Waals surface area contributed by atoms with Crippen LogP contribution in [-0.4, -0.2) is 49.6 Å². The van der Waals surface area contributed by atoms with Crippen LogP contribution in [0.4, 0.5) is 0 Å². The van der Waals surface area contributed by atoms with Crippen LogP contribution >= 0.6 is 0 Å². The van der Waals surface area contributed by atoms with Crippen LogP contribution in [-0.2, 0) is 19.5 Å². The number of carbonyl (C=O) groups excluding carboxylic acids is 2. The Morgan fingerprint density at radius 3 is 2.86 bits per heavy atom. The summed E-state index contributed by atoms with van der Waals surface area (Å²) in [6.45, 7) is 2.31. The van der Waals surface area contributed by atoms with E-state index in [0.717, 1.165) is 17.7 Å². The first-order valence-electron chi connectivity index (χ1n) is 9.37. The van der Waals surface area contributed by atoms with Crippen molar-refractivity contribution in [2.24, 2.45) is 0 Å². The van der Waals surface area contributed by atoms with Gasteiger partial charge in [-0.3, -0.25) is 14.3 Å². The van der Waals surface area contributed by atoms with Gasteiger partial charge in [0.05, 0.1) is 6.33 Å². The Kier molecular flexibility index (Phi) is 5.18. The summed E-state index contributed by atoms with van der Waals surface area (Å²) in [5.41, 5.74) is 2.77. The number of hydrogen-bond acceptors (Lipinski definition) is 4. The summed E-state index contributed by atoms with van der Waals surface area (Å²) in [5, 5.41) is 7.20. The van der Waals surface area contributed by atoms with Crippen LogP contribution in [0.25, 0.3) is 0 Å². The number of aromatic amines is 1. The number of benzene rings is 1. The number of aromatic nitrogens is 4. The Balaban J connectivity index is 1.43. The summed E-state index contributed by atoms with van der Waals surface area (Å²) in [4.78, 5) is 34.1. The molecule has 0 saturated heterocycles. The Labute approximate surface area is 162 Å². The minimum atomic E-state index is -0.275. The normalized spacial score (nSPS) is 13.9. The monoisotopic (exact) mass is 378 g/mol. The van der Waals surface area contributed by atoms with Crippen molar-refractivity contribution in [2.45, 2.75) is 25.9 Å². The highest BCUT2D eigenvalue weighted by Crippen LogP contribution is 2.16. The minimum absolute atomic E-state index is 0.0923. The zero-order chi connectivity index (χ0) is 19.3. The number of nitrogens with zero attached hydrogens (tertiary/aromatic N) is 4. The molecule has 0 saturated carbocycles. The largest absolute Gasteiger partial charge is 0.350 e. The molecule has 0 radical (unpaired) electrons. The van der Waals surface area contributed by atoms with Crippen molar-refractivity contribution in [2.75, 3.05) is 13.1 Å². The predicted octanol–water partition coefficient (Wildman–Crippen LogP) is 1.62. The second kappa shape index (κ2) is 8.08. The quantitative estimate of drug-likeness (QED) is 0.681. The van der Waals surface area contributed by atoms with Gasteiger partial charge in [0.2, 0.25) is 0 Å². The summed E-state index contributed by atoms with van der Waals surface area (Å²) in [6, 6.07) is 11.5. The molecule has 8 heteroatoms. The van der Waals surface area contributed by atoms with Crippen LogP contribution in [0.5, 0.6) is 0 Å². The summed E-state index contributed by atoms with van der Waals surface area (Å²) in [7, 11) is 0. The van der Waals surface area contributed by atoms with E-state index in [1.807, 2.05) is 35.2 Å². The third kappa shape index (κ3) is 3.95. The van der Waals surface area contributed by atoms with Crippen molar-refractivity contribution in [1.29, 1.82) is 0 Å². The molecule has 0 bridgehead atoms. The zero-order valence-corrected chi connectivity index (χ0v) is 15.5. The number of aryl methyl sites for hydroxylation is 1. The van der Waals surface area contributed by atoms with Crippen LogP contribution in [0, 0.1) is 0 Å². The lowest BCUT2D eigenvalue weighted by atomic mass is 10.2. The van der Waals surface area contributed by atoms with Gasteiger partial charge in [-0.2, -0.15) is 5.10 Å². The molecule has 0 spiro atoms. The van der Waals surface area contributed by atoms with Crippen molar-refractivity contribution < 1.29 is 9.59 Å². The maximum absolute atomic E-state index is 13.0. The average molecular weight is 378 g/mol. The summed E-state index contributed by atoms with van der Waals surface area (Å²) < 4.78 is 1.65. The molecule has 0 unspecified atom stereocenters. The van der Waals surface area contributed by atoms with Crippen LogP contribution in [0.1, 0.15) is 38.7 Å². The van der Waals surface area contributed by atoms with Gasteiger partial charge in [-0.1, -0.05) is 30.3 Å². The van der Waals surface area contributed by atoms with Gasteiger partial charge >= 0.3 is 0 Å². The zero-order valence-electron chi connectivity index (χ0n) is 15.5.